The summed E-state index contributed by atoms with van der Waals surface area (Å²) in [5.74, 6) is 0.300. The number of hydrogen-bond acceptors (Lipinski definition) is 1. The van der Waals surface area contributed by atoms with Gasteiger partial charge in [0, 0.05) is 28.1 Å². The van der Waals surface area contributed by atoms with Gasteiger partial charge < -0.3 is 9.88 Å². The molecule has 1 unspecified atom stereocenters. The normalized spacial score (nSPS) is 15.4. The van der Waals surface area contributed by atoms with Gasteiger partial charge in [0.05, 0.1) is 17.1 Å². The van der Waals surface area contributed by atoms with E-state index in [0.29, 0.717) is 5.92 Å². The van der Waals surface area contributed by atoms with E-state index in [9.17, 15) is 0 Å². The molecule has 214 valence electrons. The van der Waals surface area contributed by atoms with E-state index < -0.39 is 0 Å². The molecule has 45 heavy (non-hydrogen) atoms. The monoisotopic (exact) mass is 576 g/mol. The van der Waals surface area contributed by atoms with Crippen molar-refractivity contribution in [2.45, 2.75) is 18.4 Å². The van der Waals surface area contributed by atoms with Crippen molar-refractivity contribution in [1.82, 2.24) is 4.57 Å². The summed E-state index contributed by atoms with van der Waals surface area (Å²) in [4.78, 5) is 0. The summed E-state index contributed by atoms with van der Waals surface area (Å²) < 4.78 is 2.38. The molecule has 1 heterocycles. The third kappa shape index (κ3) is 4.33. The van der Waals surface area contributed by atoms with Crippen LogP contribution >= 0.6 is 0 Å². The molecule has 0 saturated heterocycles. The van der Waals surface area contributed by atoms with Crippen LogP contribution in [-0.4, -0.2) is 4.57 Å². The summed E-state index contributed by atoms with van der Waals surface area (Å²) in [7, 11) is 0. The molecule has 0 fully saturated rings. The van der Waals surface area contributed by atoms with E-state index in [1.54, 1.807) is 0 Å². The summed E-state index contributed by atoms with van der Waals surface area (Å²) >= 11 is 0. The largest absolute Gasteiger partial charge is 0.378 e. The van der Waals surface area contributed by atoms with Gasteiger partial charge in [-0.3, -0.25) is 0 Å². The maximum absolute atomic E-state index is 3.89. The number of rotatable bonds is 5. The van der Waals surface area contributed by atoms with Crippen LogP contribution in [0, 0.1) is 0 Å². The van der Waals surface area contributed by atoms with Gasteiger partial charge in [0.1, 0.15) is 0 Å². The van der Waals surface area contributed by atoms with E-state index >= 15 is 0 Å². The Morgan fingerprint density at radius 2 is 1.27 bits per heavy atom. The lowest BCUT2D eigenvalue weighted by Gasteiger charge is -2.32. The first-order valence-electron chi connectivity index (χ1n) is 15.8. The molecule has 1 aromatic heterocycles. The van der Waals surface area contributed by atoms with Crippen LogP contribution in [0.3, 0.4) is 0 Å². The van der Waals surface area contributed by atoms with E-state index in [1.165, 1.54) is 66.4 Å². The van der Waals surface area contributed by atoms with Gasteiger partial charge in [-0.1, -0.05) is 115 Å². The number of fused-ring (bicyclic) bond motifs is 6. The lowest BCUT2D eigenvalue weighted by atomic mass is 9.77. The zero-order valence-electron chi connectivity index (χ0n) is 24.9. The van der Waals surface area contributed by atoms with Crippen LogP contribution < -0.4 is 5.32 Å². The van der Waals surface area contributed by atoms with Gasteiger partial charge in [-0.15, -0.1) is 0 Å². The molecule has 0 radical (unpaired) electrons. The Bertz CT molecular complexity index is 2260. The second kappa shape index (κ2) is 10.5. The van der Waals surface area contributed by atoms with Crippen molar-refractivity contribution in [1.29, 1.82) is 0 Å². The molecule has 2 heteroatoms. The molecule has 0 aliphatic heterocycles. The third-order valence-corrected chi connectivity index (χ3v) is 9.55. The van der Waals surface area contributed by atoms with Crippen LogP contribution in [0.4, 0.5) is 5.69 Å². The van der Waals surface area contributed by atoms with Crippen molar-refractivity contribution in [3.63, 3.8) is 0 Å². The highest BCUT2D eigenvalue weighted by Gasteiger charge is 2.29. The fourth-order valence-electron chi connectivity index (χ4n) is 7.51. The minimum absolute atomic E-state index is 0.194. The molecule has 2 aliphatic rings. The first-order chi connectivity index (χ1) is 22.3. The molecule has 2 nitrogen and oxygen atoms in total. The smallest absolute Gasteiger partial charge is 0.0563 e. The molecule has 0 spiro atoms. The van der Waals surface area contributed by atoms with Crippen molar-refractivity contribution in [2.75, 3.05) is 5.32 Å². The highest BCUT2D eigenvalue weighted by Crippen LogP contribution is 2.46. The van der Waals surface area contributed by atoms with Crippen LogP contribution in [0.15, 0.2) is 164 Å². The average Bonchev–Trinajstić information content (AvgIpc) is 3.76. The molecule has 9 rings (SSSR count). The summed E-state index contributed by atoms with van der Waals surface area (Å²) in [6.07, 6.45) is 9.90. The summed E-state index contributed by atoms with van der Waals surface area (Å²) in [5.41, 5.74) is 14.1. The van der Waals surface area contributed by atoms with Crippen LogP contribution in [0.25, 0.3) is 49.7 Å². The fraction of sp³-hybridized carbons (Fsp3) is 0.0698. The van der Waals surface area contributed by atoms with Gasteiger partial charge in [-0.25, -0.2) is 0 Å². The number of allylic oxidation sites excluding steroid dienone is 4. The average molecular weight is 577 g/mol. The van der Waals surface area contributed by atoms with Crippen LogP contribution in [0.5, 0.6) is 0 Å². The summed E-state index contributed by atoms with van der Waals surface area (Å²) in [5, 5.41) is 6.44. The lowest BCUT2D eigenvalue weighted by molar-refractivity contribution is 0.751. The topological polar surface area (TPSA) is 17.0 Å². The molecule has 7 aromatic rings. The van der Waals surface area contributed by atoms with Crippen molar-refractivity contribution in [3.05, 3.63) is 181 Å². The van der Waals surface area contributed by atoms with E-state index in [4.69, 9.17) is 0 Å². The zero-order chi connectivity index (χ0) is 29.7. The lowest BCUT2D eigenvalue weighted by Crippen LogP contribution is -2.21. The minimum Gasteiger partial charge on any atom is -0.378 e. The van der Waals surface area contributed by atoms with Gasteiger partial charge in [-0.05, 0) is 93.9 Å². The number of para-hydroxylation sites is 3. The summed E-state index contributed by atoms with van der Waals surface area (Å²) in [6.45, 7) is 0. The standard InChI is InChI=1S/C43H32N2/c1-3-14-33(15-4-1)44-40-28-32-23-22-30(26-38(32)37-20-11-19-35(43(37)40)29-12-7-8-13-29)31-24-25-42-39(27-31)36-18-9-10-21-41(36)45(42)34-16-5-2-6-17-34/h1-27,29,40,44H,28H2. The quantitative estimate of drug-likeness (QED) is 0.216. The van der Waals surface area contributed by atoms with Crippen LogP contribution in [0.2, 0.25) is 0 Å². The van der Waals surface area contributed by atoms with Gasteiger partial charge in [0.2, 0.25) is 0 Å². The molecule has 2 aliphatic carbocycles. The number of benzene rings is 6. The summed E-state index contributed by atoms with van der Waals surface area (Å²) in [6, 6.07) is 51.2. The van der Waals surface area contributed by atoms with Gasteiger partial charge >= 0.3 is 0 Å². The van der Waals surface area contributed by atoms with Crippen molar-refractivity contribution in [2.24, 2.45) is 0 Å². The van der Waals surface area contributed by atoms with E-state index in [-0.39, 0.29) is 6.04 Å². The van der Waals surface area contributed by atoms with Crippen molar-refractivity contribution in [3.8, 4) is 27.9 Å². The zero-order valence-corrected chi connectivity index (χ0v) is 24.9. The van der Waals surface area contributed by atoms with Gasteiger partial charge in [-0.2, -0.15) is 0 Å². The maximum atomic E-state index is 3.89. The number of aromatic nitrogens is 1. The SMILES string of the molecule is C1=CC(c2cccc3c2C(Nc2ccccc2)Cc2ccc(-c4ccc5c(c4)c4ccccc4n5-c4ccccc4)cc2-3)C=C1. The van der Waals surface area contributed by atoms with Crippen LogP contribution in [0.1, 0.15) is 28.7 Å². The van der Waals surface area contributed by atoms with E-state index in [0.717, 1.165) is 12.1 Å². The first-order valence-corrected chi connectivity index (χ1v) is 15.8. The minimum atomic E-state index is 0.194. The molecule has 0 bridgehead atoms. The first kappa shape index (κ1) is 25.9. The Balaban J connectivity index is 1.19. The molecule has 1 atom stereocenters. The van der Waals surface area contributed by atoms with E-state index in [1.807, 2.05) is 0 Å². The number of hydrogen-bond donors (Lipinski definition) is 1. The van der Waals surface area contributed by atoms with Crippen LogP contribution in [-0.2, 0) is 6.42 Å². The third-order valence-electron chi connectivity index (χ3n) is 9.55. The Morgan fingerprint density at radius 1 is 0.556 bits per heavy atom. The molecule has 6 aromatic carbocycles. The highest BCUT2D eigenvalue weighted by molar-refractivity contribution is 6.10. The Kier molecular flexibility index (Phi) is 6.05. The Labute approximate surface area is 263 Å². The molecule has 1 N–H and O–H groups in total. The highest BCUT2D eigenvalue weighted by atomic mass is 15.0. The van der Waals surface area contributed by atoms with E-state index in [2.05, 4.69) is 174 Å². The van der Waals surface area contributed by atoms with Gasteiger partial charge in [0.15, 0.2) is 0 Å². The number of anilines is 1. The second-order valence-corrected chi connectivity index (χ2v) is 12.2. The van der Waals surface area contributed by atoms with Crippen molar-refractivity contribution < 1.29 is 0 Å². The Hall–Kier alpha value is -5.60. The fourth-order valence-corrected chi connectivity index (χ4v) is 7.51. The predicted molar refractivity (Wildman–Crippen MR) is 189 cm³/mol. The molecule has 0 saturated carbocycles. The predicted octanol–water partition coefficient (Wildman–Crippen LogP) is 11.0. The maximum Gasteiger partial charge on any atom is 0.0563 e. The molecular weight excluding hydrogens is 544 g/mol. The number of nitrogens with one attached hydrogen (secondary N) is 1. The second-order valence-electron chi connectivity index (χ2n) is 12.2. The Morgan fingerprint density at radius 3 is 2.11 bits per heavy atom. The molecular formula is C43H32N2. The molecule has 0 amide bonds. The number of nitrogens with zero attached hydrogens (tertiary/aromatic N) is 1. The van der Waals surface area contributed by atoms with Gasteiger partial charge in [0.25, 0.3) is 0 Å². The van der Waals surface area contributed by atoms with Crippen molar-refractivity contribution >= 4 is 27.5 Å².